The summed E-state index contributed by atoms with van der Waals surface area (Å²) in [6, 6.07) is 25.0. The van der Waals surface area contributed by atoms with E-state index in [-0.39, 0.29) is 5.48 Å². The van der Waals surface area contributed by atoms with E-state index in [0.29, 0.717) is 0 Å². The Morgan fingerprint density at radius 2 is 0.889 bits per heavy atom. The number of aromatic amines is 1. The van der Waals surface area contributed by atoms with Crippen LogP contribution in [0.25, 0.3) is 22.5 Å². The first kappa shape index (κ1) is 12.1. The van der Waals surface area contributed by atoms with Crippen LogP contribution in [0.4, 0.5) is 0 Å². The molecule has 0 aliphatic rings. The van der Waals surface area contributed by atoms with Crippen LogP contribution < -0.4 is 0 Å². The summed E-state index contributed by atoms with van der Waals surface area (Å²) in [5.41, 5.74) is 4.75. The van der Waals surface area contributed by atoms with Crippen molar-refractivity contribution in [1.82, 2.24) is 4.98 Å². The van der Waals surface area contributed by atoms with Gasteiger partial charge >= 0.3 is 0 Å². The Morgan fingerprint density at radius 3 is 1.28 bits per heavy atom. The van der Waals surface area contributed by atoms with Gasteiger partial charge in [0.25, 0.3) is 0 Å². The fraction of sp³-hybridized carbons (Fsp3) is 0. The Balaban J connectivity index is 0.00000120. The van der Waals surface area contributed by atoms with Gasteiger partial charge < -0.3 is 10.5 Å². The van der Waals surface area contributed by atoms with Crippen LogP contribution >= 0.6 is 0 Å². The van der Waals surface area contributed by atoms with Crippen LogP contribution in [0.15, 0.2) is 72.8 Å². The van der Waals surface area contributed by atoms with Gasteiger partial charge in [0.15, 0.2) is 0 Å². The smallest absolute Gasteiger partial charge is 0.0458 e. The zero-order chi connectivity index (χ0) is 11.5. The second-order valence-electron chi connectivity index (χ2n) is 4.02. The molecule has 0 atom stereocenters. The average Bonchev–Trinajstić information content (AvgIpc) is 2.90. The van der Waals surface area contributed by atoms with E-state index in [2.05, 4.69) is 65.6 Å². The Bertz CT molecular complexity index is 545. The van der Waals surface area contributed by atoms with Crippen LogP contribution in [0.1, 0.15) is 0 Å². The number of hydrogen-bond donors (Lipinski definition) is 1. The average molecular weight is 237 g/mol. The van der Waals surface area contributed by atoms with Crippen LogP contribution in [0.5, 0.6) is 0 Å². The maximum atomic E-state index is 3.45. The van der Waals surface area contributed by atoms with E-state index in [0.717, 1.165) is 11.4 Å². The molecule has 3 aromatic rings. The number of H-pyrrole nitrogens is 1. The van der Waals surface area contributed by atoms with Gasteiger partial charge in [-0.1, -0.05) is 60.7 Å². The SMILES string of the molecule is O.c1ccc(-c2ccc(-c3ccccc3)[nH]2)cc1. The lowest BCUT2D eigenvalue weighted by atomic mass is 10.2. The molecule has 90 valence electrons. The predicted octanol–water partition coefficient (Wildman–Crippen LogP) is 3.52. The minimum atomic E-state index is 0. The topological polar surface area (TPSA) is 47.3 Å². The number of rotatable bonds is 2. The van der Waals surface area contributed by atoms with Gasteiger partial charge in [-0.15, -0.1) is 0 Å². The van der Waals surface area contributed by atoms with Crippen molar-refractivity contribution < 1.29 is 5.48 Å². The van der Waals surface area contributed by atoms with Crippen LogP contribution in [-0.2, 0) is 0 Å². The van der Waals surface area contributed by atoms with Crippen molar-refractivity contribution in [3.8, 4) is 22.5 Å². The summed E-state index contributed by atoms with van der Waals surface area (Å²) >= 11 is 0. The lowest BCUT2D eigenvalue weighted by Gasteiger charge is -1.99. The van der Waals surface area contributed by atoms with E-state index in [1.54, 1.807) is 0 Å². The van der Waals surface area contributed by atoms with Crippen LogP contribution in [0.3, 0.4) is 0 Å². The Kier molecular flexibility index (Phi) is 3.60. The number of nitrogens with one attached hydrogen (secondary N) is 1. The molecule has 0 amide bonds. The van der Waals surface area contributed by atoms with E-state index in [4.69, 9.17) is 0 Å². The Hall–Kier alpha value is -2.32. The highest BCUT2D eigenvalue weighted by Gasteiger charge is 2.02. The fourth-order valence-corrected chi connectivity index (χ4v) is 1.97. The molecule has 0 spiro atoms. The number of aromatic nitrogens is 1. The molecule has 2 heteroatoms. The molecule has 0 aliphatic carbocycles. The molecule has 0 saturated carbocycles. The van der Waals surface area contributed by atoms with Crippen molar-refractivity contribution in [1.29, 1.82) is 0 Å². The van der Waals surface area contributed by atoms with Gasteiger partial charge in [0.2, 0.25) is 0 Å². The molecule has 0 unspecified atom stereocenters. The summed E-state index contributed by atoms with van der Waals surface area (Å²) in [5.74, 6) is 0. The summed E-state index contributed by atoms with van der Waals surface area (Å²) < 4.78 is 0. The molecule has 0 radical (unpaired) electrons. The van der Waals surface area contributed by atoms with Crippen LogP contribution in [0, 0.1) is 0 Å². The van der Waals surface area contributed by atoms with Crippen LogP contribution in [-0.4, -0.2) is 10.5 Å². The zero-order valence-electron chi connectivity index (χ0n) is 9.93. The van der Waals surface area contributed by atoms with Crippen molar-refractivity contribution in [3.05, 3.63) is 72.8 Å². The minimum Gasteiger partial charge on any atom is -0.412 e. The monoisotopic (exact) mass is 237 g/mol. The van der Waals surface area contributed by atoms with Gasteiger partial charge in [0.1, 0.15) is 0 Å². The van der Waals surface area contributed by atoms with Crippen molar-refractivity contribution in [2.45, 2.75) is 0 Å². The lowest BCUT2D eigenvalue weighted by Crippen LogP contribution is -1.78. The Morgan fingerprint density at radius 1 is 0.500 bits per heavy atom. The highest BCUT2D eigenvalue weighted by Crippen LogP contribution is 2.23. The standard InChI is InChI=1S/C16H13N.H2O/c1-3-7-13(8-4-1)15-11-12-16(17-15)14-9-5-2-6-10-14;/h1-12,17H;1H2. The predicted molar refractivity (Wildman–Crippen MR) is 75.3 cm³/mol. The second-order valence-corrected chi connectivity index (χ2v) is 4.02. The first-order valence-electron chi connectivity index (χ1n) is 5.73. The summed E-state index contributed by atoms with van der Waals surface area (Å²) in [6.45, 7) is 0. The third-order valence-corrected chi connectivity index (χ3v) is 2.86. The normalized spacial score (nSPS) is 9.78. The van der Waals surface area contributed by atoms with E-state index < -0.39 is 0 Å². The molecule has 18 heavy (non-hydrogen) atoms. The number of benzene rings is 2. The molecule has 0 aliphatic heterocycles. The van der Waals surface area contributed by atoms with Crippen molar-refractivity contribution in [2.24, 2.45) is 0 Å². The highest BCUT2D eigenvalue weighted by atomic mass is 16.0. The minimum absolute atomic E-state index is 0. The van der Waals surface area contributed by atoms with Gasteiger partial charge in [-0.05, 0) is 23.3 Å². The summed E-state index contributed by atoms with van der Waals surface area (Å²) in [4.78, 5) is 3.45. The lowest BCUT2D eigenvalue weighted by molar-refractivity contribution is 0.824. The maximum absolute atomic E-state index is 3.45. The first-order chi connectivity index (χ1) is 8.43. The molecule has 0 fully saturated rings. The molecule has 0 saturated heterocycles. The van der Waals surface area contributed by atoms with E-state index >= 15 is 0 Å². The molecule has 1 heterocycles. The second kappa shape index (κ2) is 5.34. The summed E-state index contributed by atoms with van der Waals surface area (Å²) in [7, 11) is 0. The Labute approximate surface area is 106 Å². The summed E-state index contributed by atoms with van der Waals surface area (Å²) in [5, 5.41) is 0. The quantitative estimate of drug-likeness (QED) is 0.709. The molecule has 1 aromatic heterocycles. The summed E-state index contributed by atoms with van der Waals surface area (Å²) in [6.07, 6.45) is 0. The molecule has 2 nitrogen and oxygen atoms in total. The zero-order valence-corrected chi connectivity index (χ0v) is 9.93. The maximum Gasteiger partial charge on any atom is 0.0458 e. The molecule has 0 bridgehead atoms. The van der Waals surface area contributed by atoms with Gasteiger partial charge in [-0.3, -0.25) is 0 Å². The van der Waals surface area contributed by atoms with Crippen LogP contribution in [0.2, 0.25) is 0 Å². The molecule has 2 aromatic carbocycles. The van der Waals surface area contributed by atoms with E-state index in [9.17, 15) is 0 Å². The fourth-order valence-electron chi connectivity index (χ4n) is 1.97. The van der Waals surface area contributed by atoms with Gasteiger partial charge in [0.05, 0.1) is 0 Å². The molecular weight excluding hydrogens is 222 g/mol. The number of hydrogen-bond acceptors (Lipinski definition) is 0. The molecule has 3 rings (SSSR count). The first-order valence-corrected chi connectivity index (χ1v) is 5.73. The third kappa shape index (κ3) is 2.34. The van der Waals surface area contributed by atoms with E-state index in [1.807, 2.05) is 12.1 Å². The third-order valence-electron chi connectivity index (χ3n) is 2.86. The molecule has 3 N–H and O–H groups in total. The largest absolute Gasteiger partial charge is 0.412 e. The van der Waals surface area contributed by atoms with Crippen molar-refractivity contribution >= 4 is 0 Å². The van der Waals surface area contributed by atoms with Gasteiger partial charge in [-0.25, -0.2) is 0 Å². The van der Waals surface area contributed by atoms with E-state index in [1.165, 1.54) is 11.1 Å². The van der Waals surface area contributed by atoms with Gasteiger partial charge in [-0.2, -0.15) is 0 Å². The van der Waals surface area contributed by atoms with Crippen molar-refractivity contribution in [2.75, 3.05) is 0 Å². The molecular formula is C16H15NO. The van der Waals surface area contributed by atoms with Gasteiger partial charge in [0, 0.05) is 11.4 Å². The highest BCUT2D eigenvalue weighted by molar-refractivity contribution is 5.67. The van der Waals surface area contributed by atoms with Crippen molar-refractivity contribution in [3.63, 3.8) is 0 Å².